The van der Waals surface area contributed by atoms with Crippen LogP contribution in [0.5, 0.6) is 0 Å². The van der Waals surface area contributed by atoms with Crippen molar-refractivity contribution >= 4 is 28.5 Å². The van der Waals surface area contributed by atoms with Crippen LogP contribution in [0.15, 0.2) is 36.5 Å². The highest BCUT2D eigenvalue weighted by Gasteiger charge is 2.37. The Morgan fingerprint density at radius 2 is 1.86 bits per heavy atom. The van der Waals surface area contributed by atoms with E-state index in [1.54, 1.807) is 18.3 Å². The molecule has 1 aliphatic carbocycles. The quantitative estimate of drug-likeness (QED) is 0.536. The highest BCUT2D eigenvalue weighted by atomic mass is 35.5. The first-order chi connectivity index (χ1) is 13.4. The molecule has 146 valence electrons. The summed E-state index contributed by atoms with van der Waals surface area (Å²) in [6, 6.07) is 6.58. The van der Waals surface area contributed by atoms with E-state index in [0.29, 0.717) is 16.7 Å². The number of pyridine rings is 1. The predicted molar refractivity (Wildman–Crippen MR) is 99.5 cm³/mol. The molecule has 0 saturated heterocycles. The number of carbonyl (C=O) groups is 1. The lowest BCUT2D eigenvalue weighted by Crippen LogP contribution is -2.20. The Kier molecular flexibility index (Phi) is 4.87. The topological polar surface area (TPSA) is 47.8 Å². The predicted octanol–water partition coefficient (Wildman–Crippen LogP) is 5.84. The molecule has 0 unspecified atom stereocenters. The first-order valence-corrected chi connectivity index (χ1v) is 9.50. The molecule has 2 aromatic heterocycles. The van der Waals surface area contributed by atoms with Gasteiger partial charge in [0.1, 0.15) is 5.52 Å². The molecule has 1 aliphatic rings. The monoisotopic (exact) mass is 407 g/mol. The summed E-state index contributed by atoms with van der Waals surface area (Å²) in [4.78, 5) is 17.5. The van der Waals surface area contributed by atoms with Crippen LogP contribution in [0.2, 0.25) is 5.02 Å². The van der Waals surface area contributed by atoms with Crippen molar-refractivity contribution in [3.05, 3.63) is 58.4 Å². The molecule has 1 fully saturated rings. The molecule has 4 rings (SSSR count). The maximum atomic E-state index is 13.5. The highest BCUT2D eigenvalue weighted by Crippen LogP contribution is 2.38. The number of aromatic nitrogens is 3. The fourth-order valence-corrected chi connectivity index (χ4v) is 4.12. The molecular weight excluding hydrogens is 391 g/mol. The normalized spacial score (nSPS) is 15.9. The zero-order valence-corrected chi connectivity index (χ0v) is 15.6. The molecule has 28 heavy (non-hydrogen) atoms. The van der Waals surface area contributed by atoms with Crippen LogP contribution in [0.4, 0.5) is 13.2 Å². The maximum absolute atomic E-state index is 13.5. The van der Waals surface area contributed by atoms with Crippen molar-refractivity contribution < 1.29 is 18.0 Å². The Balaban J connectivity index is 1.88. The third-order valence-electron chi connectivity index (χ3n) is 5.18. The van der Waals surface area contributed by atoms with Gasteiger partial charge < -0.3 is 0 Å². The second-order valence-corrected chi connectivity index (χ2v) is 7.38. The van der Waals surface area contributed by atoms with E-state index in [1.165, 1.54) is 12.1 Å². The minimum atomic E-state index is -4.71. The lowest BCUT2D eigenvalue weighted by Gasteiger charge is -2.19. The highest BCUT2D eigenvalue weighted by molar-refractivity contribution is 6.34. The first-order valence-electron chi connectivity index (χ1n) is 9.12. The average molecular weight is 408 g/mol. The van der Waals surface area contributed by atoms with Crippen LogP contribution in [0.3, 0.4) is 0 Å². The number of fused-ring (bicyclic) bond motifs is 1. The number of halogens is 4. The lowest BCUT2D eigenvalue weighted by molar-refractivity contribution is -0.137. The van der Waals surface area contributed by atoms with Gasteiger partial charge in [-0.05, 0) is 37.1 Å². The van der Waals surface area contributed by atoms with Crippen molar-refractivity contribution in [2.45, 2.75) is 44.2 Å². The van der Waals surface area contributed by atoms with Gasteiger partial charge >= 0.3 is 6.18 Å². The molecule has 1 aromatic carbocycles. The molecule has 8 heteroatoms. The van der Waals surface area contributed by atoms with Gasteiger partial charge in [-0.15, -0.1) is 0 Å². The second-order valence-electron chi connectivity index (χ2n) is 6.97. The van der Waals surface area contributed by atoms with Crippen LogP contribution in [0.1, 0.15) is 59.6 Å². The van der Waals surface area contributed by atoms with Gasteiger partial charge in [-0.25, -0.2) is 0 Å². The smallest absolute Gasteiger partial charge is 0.267 e. The van der Waals surface area contributed by atoms with Crippen LogP contribution in [-0.4, -0.2) is 20.7 Å². The van der Waals surface area contributed by atoms with E-state index in [2.05, 4.69) is 10.1 Å². The molecule has 0 N–H and O–H groups in total. The molecule has 0 atom stereocenters. The SMILES string of the molecule is O=C(c1c(Cl)cccc1C(F)(F)F)n1nc(C2CCCCC2)c2ncccc21. The molecule has 0 bridgehead atoms. The van der Waals surface area contributed by atoms with Crippen molar-refractivity contribution in [2.75, 3.05) is 0 Å². The number of hydrogen-bond acceptors (Lipinski definition) is 3. The number of benzene rings is 1. The fourth-order valence-electron chi connectivity index (χ4n) is 3.86. The van der Waals surface area contributed by atoms with Crippen LogP contribution >= 0.6 is 11.6 Å². The summed E-state index contributed by atoms with van der Waals surface area (Å²) in [6.07, 6.45) is 2.01. The van der Waals surface area contributed by atoms with Crippen molar-refractivity contribution in [3.63, 3.8) is 0 Å². The average Bonchev–Trinajstić information content (AvgIpc) is 3.07. The molecule has 4 nitrogen and oxygen atoms in total. The summed E-state index contributed by atoms with van der Waals surface area (Å²) >= 11 is 6.01. The van der Waals surface area contributed by atoms with Gasteiger partial charge in [0.2, 0.25) is 0 Å². The van der Waals surface area contributed by atoms with E-state index < -0.39 is 23.2 Å². The number of hydrogen-bond donors (Lipinski definition) is 0. The number of nitrogens with zero attached hydrogens (tertiary/aromatic N) is 3. The third-order valence-corrected chi connectivity index (χ3v) is 5.50. The first kappa shape index (κ1) is 18.9. The van der Waals surface area contributed by atoms with Gasteiger partial charge in [-0.2, -0.15) is 23.0 Å². The van der Waals surface area contributed by atoms with E-state index in [9.17, 15) is 18.0 Å². The summed E-state index contributed by atoms with van der Waals surface area (Å²) in [6.45, 7) is 0. The van der Waals surface area contributed by atoms with Gasteiger partial charge in [0.15, 0.2) is 0 Å². The molecule has 0 spiro atoms. The van der Waals surface area contributed by atoms with Crippen LogP contribution in [0, 0.1) is 0 Å². The minimum Gasteiger partial charge on any atom is -0.267 e. The van der Waals surface area contributed by atoms with E-state index in [0.717, 1.165) is 42.9 Å². The van der Waals surface area contributed by atoms with Crippen LogP contribution in [0.25, 0.3) is 11.0 Å². The molecular formula is C20H17ClF3N3O. The second kappa shape index (κ2) is 7.20. The van der Waals surface area contributed by atoms with E-state index in [-0.39, 0.29) is 10.9 Å². The third kappa shape index (κ3) is 3.28. The number of alkyl halides is 3. The summed E-state index contributed by atoms with van der Waals surface area (Å²) in [5.74, 6) is -0.758. The van der Waals surface area contributed by atoms with Gasteiger partial charge in [-0.1, -0.05) is 36.9 Å². The van der Waals surface area contributed by atoms with Crippen LogP contribution < -0.4 is 0 Å². The largest absolute Gasteiger partial charge is 0.417 e. The van der Waals surface area contributed by atoms with E-state index in [1.807, 2.05) is 0 Å². The zero-order valence-electron chi connectivity index (χ0n) is 14.8. The summed E-state index contributed by atoms with van der Waals surface area (Å²) in [7, 11) is 0. The standard InChI is InChI=1S/C20H17ClF3N3O/c21-14-9-4-8-13(20(22,23)24)16(14)19(28)27-15-10-5-11-25-18(15)17(26-27)12-6-2-1-3-7-12/h4-5,8-12H,1-3,6-7H2. The fraction of sp³-hybridized carbons (Fsp3) is 0.350. The molecule has 0 amide bonds. The maximum Gasteiger partial charge on any atom is 0.417 e. The van der Waals surface area contributed by atoms with Crippen molar-refractivity contribution in [2.24, 2.45) is 0 Å². The summed E-state index contributed by atoms with van der Waals surface area (Å²) < 4.78 is 41.4. The van der Waals surface area contributed by atoms with Gasteiger partial charge in [0.25, 0.3) is 5.91 Å². The minimum absolute atomic E-state index is 0.147. The summed E-state index contributed by atoms with van der Waals surface area (Å²) in [5.41, 5.74) is -0.0504. The molecule has 2 heterocycles. The van der Waals surface area contributed by atoms with Gasteiger partial charge in [0, 0.05) is 12.1 Å². The van der Waals surface area contributed by atoms with Crippen molar-refractivity contribution in [1.29, 1.82) is 0 Å². The zero-order chi connectivity index (χ0) is 19.9. The Morgan fingerprint density at radius 3 is 2.57 bits per heavy atom. The van der Waals surface area contributed by atoms with Crippen LogP contribution in [-0.2, 0) is 6.18 Å². The Labute approximate surface area is 164 Å². The summed E-state index contributed by atoms with van der Waals surface area (Å²) in [5, 5.41) is 4.17. The number of carbonyl (C=O) groups excluding carboxylic acids is 1. The molecule has 1 saturated carbocycles. The number of rotatable bonds is 2. The Bertz CT molecular complexity index is 1040. The van der Waals surface area contributed by atoms with E-state index in [4.69, 9.17) is 11.6 Å². The molecule has 0 radical (unpaired) electrons. The lowest BCUT2D eigenvalue weighted by atomic mass is 9.86. The van der Waals surface area contributed by atoms with Gasteiger partial charge in [0.05, 0.1) is 27.4 Å². The van der Waals surface area contributed by atoms with Gasteiger partial charge in [-0.3, -0.25) is 9.78 Å². The van der Waals surface area contributed by atoms with E-state index >= 15 is 0 Å². The van der Waals surface area contributed by atoms with Crippen molar-refractivity contribution in [3.8, 4) is 0 Å². The Hall–Kier alpha value is -2.41. The molecule has 0 aliphatic heterocycles. The Morgan fingerprint density at radius 1 is 1.11 bits per heavy atom. The van der Waals surface area contributed by atoms with Crippen molar-refractivity contribution in [1.82, 2.24) is 14.8 Å². The molecule has 3 aromatic rings.